The molecular weight excluding hydrogens is 324 g/mol. The van der Waals surface area contributed by atoms with Crippen LogP contribution in [0, 0.1) is 0 Å². The zero-order chi connectivity index (χ0) is 16.2. The molecular formula is C13H20N4O3S2. The summed E-state index contributed by atoms with van der Waals surface area (Å²) >= 11 is 1.65. The highest BCUT2D eigenvalue weighted by molar-refractivity contribution is 7.98. The highest BCUT2D eigenvalue weighted by Crippen LogP contribution is 2.15. The normalized spacial score (nSPS) is 16.5. The summed E-state index contributed by atoms with van der Waals surface area (Å²) in [6, 6.07) is 7.77. The Morgan fingerprint density at radius 2 is 2.00 bits per heavy atom. The number of nitrogens with one attached hydrogen (secondary N) is 1. The molecule has 2 rings (SSSR count). The van der Waals surface area contributed by atoms with Crippen molar-refractivity contribution in [1.82, 2.24) is 14.5 Å². The molecule has 1 aromatic rings. The predicted octanol–water partition coefficient (Wildman–Crippen LogP) is 0.439. The maximum absolute atomic E-state index is 12.1. The summed E-state index contributed by atoms with van der Waals surface area (Å²) in [7, 11) is -3.67. The Hall–Kier alpha value is -1.29. The van der Waals surface area contributed by atoms with Crippen molar-refractivity contribution < 1.29 is 13.2 Å². The molecule has 0 unspecified atom stereocenters. The lowest BCUT2D eigenvalue weighted by Crippen LogP contribution is -2.54. The predicted molar refractivity (Wildman–Crippen MR) is 86.7 cm³/mol. The van der Waals surface area contributed by atoms with Crippen LogP contribution < -0.4 is 10.5 Å². The second-order valence-corrected chi connectivity index (χ2v) is 7.37. The molecule has 9 heteroatoms. The van der Waals surface area contributed by atoms with Crippen molar-refractivity contribution in [2.24, 2.45) is 5.14 Å². The smallest absolute Gasteiger partial charge is 0.317 e. The Bertz CT molecular complexity index is 628. The molecule has 0 atom stereocenters. The van der Waals surface area contributed by atoms with Crippen LogP contribution in [0.5, 0.6) is 0 Å². The van der Waals surface area contributed by atoms with E-state index in [1.165, 1.54) is 4.31 Å². The van der Waals surface area contributed by atoms with Gasteiger partial charge in [0, 0.05) is 37.6 Å². The second-order valence-electron chi connectivity index (χ2n) is 4.94. The van der Waals surface area contributed by atoms with Crippen LogP contribution in [-0.2, 0) is 16.8 Å². The first kappa shape index (κ1) is 17.1. The number of nitrogens with two attached hydrogens (primary N) is 1. The van der Waals surface area contributed by atoms with Gasteiger partial charge in [-0.05, 0) is 24.0 Å². The van der Waals surface area contributed by atoms with E-state index < -0.39 is 10.2 Å². The van der Waals surface area contributed by atoms with E-state index in [1.54, 1.807) is 16.7 Å². The van der Waals surface area contributed by atoms with Crippen molar-refractivity contribution in [2.75, 3.05) is 32.4 Å². The lowest BCUT2D eigenvalue weighted by molar-refractivity contribution is 0.172. The number of urea groups is 1. The number of hydrogen-bond acceptors (Lipinski definition) is 4. The maximum atomic E-state index is 12.1. The summed E-state index contributed by atoms with van der Waals surface area (Å²) in [5, 5.41) is 7.92. The third-order valence-corrected chi connectivity index (χ3v) is 5.27. The van der Waals surface area contributed by atoms with Crippen LogP contribution in [0.4, 0.5) is 4.79 Å². The molecule has 0 aromatic heterocycles. The average molecular weight is 344 g/mol. The molecule has 1 heterocycles. The molecule has 0 saturated carbocycles. The number of rotatable bonds is 4. The summed E-state index contributed by atoms with van der Waals surface area (Å²) in [5.41, 5.74) is 1.03. The van der Waals surface area contributed by atoms with Crippen LogP contribution in [-0.4, -0.2) is 56.1 Å². The first-order chi connectivity index (χ1) is 10.4. The molecule has 1 aromatic carbocycles. The zero-order valence-electron chi connectivity index (χ0n) is 12.4. The van der Waals surface area contributed by atoms with Crippen LogP contribution in [0.1, 0.15) is 5.56 Å². The van der Waals surface area contributed by atoms with Gasteiger partial charge < -0.3 is 10.2 Å². The monoisotopic (exact) mass is 344 g/mol. The average Bonchev–Trinajstić information content (AvgIpc) is 2.52. The van der Waals surface area contributed by atoms with E-state index in [4.69, 9.17) is 5.14 Å². The largest absolute Gasteiger partial charge is 0.334 e. The Morgan fingerprint density at radius 3 is 2.59 bits per heavy atom. The van der Waals surface area contributed by atoms with Gasteiger partial charge in [0.1, 0.15) is 0 Å². The minimum absolute atomic E-state index is 0.191. The first-order valence-electron chi connectivity index (χ1n) is 6.84. The van der Waals surface area contributed by atoms with Crippen molar-refractivity contribution in [3.8, 4) is 0 Å². The van der Waals surface area contributed by atoms with Gasteiger partial charge in [0.2, 0.25) is 0 Å². The minimum Gasteiger partial charge on any atom is -0.334 e. The molecule has 0 spiro atoms. The number of thioether (sulfide) groups is 1. The fourth-order valence-electron chi connectivity index (χ4n) is 2.22. The standard InChI is InChI=1S/C13H20N4O3S2/c1-21-12-4-2-3-11(9-12)10-15-13(18)16-5-7-17(8-6-16)22(14,19)20/h2-4,9H,5-8,10H2,1H3,(H,15,18)(H2,14,19,20). The first-order valence-corrected chi connectivity index (χ1v) is 9.56. The Balaban J connectivity index is 1.83. The van der Waals surface area contributed by atoms with Crippen LogP contribution in [0.15, 0.2) is 29.2 Å². The van der Waals surface area contributed by atoms with Crippen LogP contribution in [0.2, 0.25) is 0 Å². The highest BCUT2D eigenvalue weighted by Gasteiger charge is 2.26. The molecule has 122 valence electrons. The SMILES string of the molecule is CSc1cccc(CNC(=O)N2CCN(S(N)(=O)=O)CC2)c1. The molecule has 1 aliphatic heterocycles. The van der Waals surface area contributed by atoms with E-state index >= 15 is 0 Å². The molecule has 1 saturated heterocycles. The molecule has 1 fully saturated rings. The molecule has 0 bridgehead atoms. The van der Waals surface area contributed by atoms with Crippen LogP contribution >= 0.6 is 11.8 Å². The number of carbonyl (C=O) groups excluding carboxylic acids is 1. The lowest BCUT2D eigenvalue weighted by Gasteiger charge is -2.32. The highest BCUT2D eigenvalue weighted by atomic mass is 32.2. The molecule has 0 radical (unpaired) electrons. The number of hydrogen-bond donors (Lipinski definition) is 2. The fourth-order valence-corrected chi connectivity index (χ4v) is 3.37. The number of carbonyl (C=O) groups is 1. The number of nitrogens with zero attached hydrogens (tertiary/aromatic N) is 2. The number of amides is 2. The topological polar surface area (TPSA) is 95.7 Å². The van der Waals surface area contributed by atoms with Crippen molar-refractivity contribution in [3.63, 3.8) is 0 Å². The van der Waals surface area contributed by atoms with Gasteiger partial charge in [-0.25, -0.2) is 9.93 Å². The summed E-state index contributed by atoms with van der Waals surface area (Å²) in [6.07, 6.45) is 2.00. The van der Waals surface area contributed by atoms with Gasteiger partial charge in [0.05, 0.1) is 0 Å². The van der Waals surface area contributed by atoms with Gasteiger partial charge in [-0.1, -0.05) is 12.1 Å². The molecule has 2 amide bonds. The number of piperazine rings is 1. The fraction of sp³-hybridized carbons (Fsp3) is 0.462. The molecule has 0 aliphatic carbocycles. The lowest BCUT2D eigenvalue weighted by atomic mass is 10.2. The molecule has 7 nitrogen and oxygen atoms in total. The Kier molecular flexibility index (Phi) is 5.68. The van der Waals surface area contributed by atoms with E-state index in [2.05, 4.69) is 5.32 Å². The Morgan fingerprint density at radius 1 is 1.32 bits per heavy atom. The van der Waals surface area contributed by atoms with Crippen molar-refractivity contribution >= 4 is 28.0 Å². The molecule has 3 N–H and O–H groups in total. The van der Waals surface area contributed by atoms with Gasteiger partial charge in [-0.3, -0.25) is 0 Å². The molecule has 1 aliphatic rings. The van der Waals surface area contributed by atoms with Crippen molar-refractivity contribution in [3.05, 3.63) is 29.8 Å². The Labute approximate surface area is 135 Å². The van der Waals surface area contributed by atoms with Gasteiger partial charge in [0.15, 0.2) is 0 Å². The summed E-state index contributed by atoms with van der Waals surface area (Å²) in [5.74, 6) is 0. The third-order valence-electron chi connectivity index (χ3n) is 3.46. The van der Waals surface area contributed by atoms with Gasteiger partial charge in [-0.15, -0.1) is 11.8 Å². The van der Waals surface area contributed by atoms with E-state index in [0.29, 0.717) is 19.6 Å². The third kappa shape index (κ3) is 4.60. The van der Waals surface area contributed by atoms with Gasteiger partial charge >= 0.3 is 6.03 Å². The van der Waals surface area contributed by atoms with E-state index in [1.807, 2.05) is 30.5 Å². The van der Waals surface area contributed by atoms with Crippen LogP contribution in [0.3, 0.4) is 0 Å². The zero-order valence-corrected chi connectivity index (χ0v) is 14.0. The van der Waals surface area contributed by atoms with Crippen molar-refractivity contribution in [2.45, 2.75) is 11.4 Å². The van der Waals surface area contributed by atoms with E-state index in [0.717, 1.165) is 10.5 Å². The van der Waals surface area contributed by atoms with Gasteiger partial charge in [-0.2, -0.15) is 12.7 Å². The summed E-state index contributed by atoms with van der Waals surface area (Å²) < 4.78 is 23.6. The van der Waals surface area contributed by atoms with Crippen LogP contribution in [0.25, 0.3) is 0 Å². The maximum Gasteiger partial charge on any atom is 0.317 e. The van der Waals surface area contributed by atoms with E-state index in [9.17, 15) is 13.2 Å². The summed E-state index contributed by atoms with van der Waals surface area (Å²) in [6.45, 7) is 1.59. The van der Waals surface area contributed by atoms with Gasteiger partial charge in [0.25, 0.3) is 10.2 Å². The number of benzene rings is 1. The van der Waals surface area contributed by atoms with Crippen molar-refractivity contribution in [1.29, 1.82) is 0 Å². The summed E-state index contributed by atoms with van der Waals surface area (Å²) in [4.78, 5) is 14.8. The quantitative estimate of drug-likeness (QED) is 0.775. The molecule has 22 heavy (non-hydrogen) atoms. The van der Waals surface area contributed by atoms with E-state index in [-0.39, 0.29) is 19.1 Å². The minimum atomic E-state index is -3.67. The second kappa shape index (κ2) is 7.32.